The third-order valence-corrected chi connectivity index (χ3v) is 3.23. The fraction of sp³-hybridized carbons (Fsp3) is 0.500. The Morgan fingerprint density at radius 3 is 2.81 bits per heavy atom. The van der Waals surface area contributed by atoms with Crippen molar-refractivity contribution in [2.75, 3.05) is 6.61 Å². The Morgan fingerprint density at radius 2 is 2.12 bits per heavy atom. The van der Waals surface area contributed by atoms with Crippen molar-refractivity contribution in [3.05, 3.63) is 29.8 Å². The number of hydrogen-bond acceptors (Lipinski definition) is 2. The third-order valence-electron chi connectivity index (χ3n) is 3.23. The van der Waals surface area contributed by atoms with Crippen LogP contribution in [0.5, 0.6) is 5.75 Å². The molecule has 0 aromatic heterocycles. The fourth-order valence-corrected chi connectivity index (χ4v) is 1.91. The first-order valence-electron chi connectivity index (χ1n) is 5.29. The van der Waals surface area contributed by atoms with E-state index >= 15 is 0 Å². The summed E-state index contributed by atoms with van der Waals surface area (Å²) in [6.07, 6.45) is -1.99. The van der Waals surface area contributed by atoms with Gasteiger partial charge in [-0.2, -0.15) is 0 Å². The zero-order valence-electron chi connectivity index (χ0n) is 9.12. The summed E-state index contributed by atoms with van der Waals surface area (Å²) in [6.45, 7) is 1.65. The smallest absolute Gasteiger partial charge is 0.256 e. The van der Waals surface area contributed by atoms with Gasteiger partial charge in [0.1, 0.15) is 5.75 Å². The molecule has 16 heavy (non-hydrogen) atoms. The molecule has 2 atom stereocenters. The van der Waals surface area contributed by atoms with Crippen molar-refractivity contribution >= 4 is 0 Å². The number of alkyl halides is 2. The maximum Gasteiger partial charge on any atom is 0.256 e. The lowest BCUT2D eigenvalue weighted by atomic mass is 9.81. The third kappa shape index (κ3) is 1.89. The van der Waals surface area contributed by atoms with Crippen LogP contribution < -0.4 is 10.5 Å². The van der Waals surface area contributed by atoms with Crippen LogP contribution in [0.2, 0.25) is 0 Å². The predicted molar refractivity (Wildman–Crippen MR) is 57.7 cm³/mol. The highest BCUT2D eigenvalue weighted by atomic mass is 19.3. The van der Waals surface area contributed by atoms with Crippen LogP contribution in [0.3, 0.4) is 0 Å². The first-order valence-corrected chi connectivity index (χ1v) is 5.29. The summed E-state index contributed by atoms with van der Waals surface area (Å²) in [5, 5.41) is 0. The van der Waals surface area contributed by atoms with Gasteiger partial charge in [0.15, 0.2) is 0 Å². The van der Waals surface area contributed by atoms with Gasteiger partial charge in [-0.05, 0) is 25.0 Å². The fourth-order valence-electron chi connectivity index (χ4n) is 1.91. The Morgan fingerprint density at radius 1 is 1.44 bits per heavy atom. The van der Waals surface area contributed by atoms with E-state index in [4.69, 9.17) is 10.5 Å². The lowest BCUT2D eigenvalue weighted by Crippen LogP contribution is -2.54. The van der Waals surface area contributed by atoms with Crippen LogP contribution >= 0.6 is 0 Å². The zero-order chi connectivity index (χ0) is 11.8. The Hall–Kier alpha value is -1.16. The molecule has 0 amide bonds. The average molecular weight is 227 g/mol. The quantitative estimate of drug-likeness (QED) is 0.840. The Bertz CT molecular complexity index is 379. The molecule has 0 saturated heterocycles. The van der Waals surface area contributed by atoms with Crippen molar-refractivity contribution in [3.63, 3.8) is 0 Å². The number of hydrogen-bond donors (Lipinski definition) is 1. The van der Waals surface area contributed by atoms with Crippen molar-refractivity contribution < 1.29 is 13.5 Å². The normalized spacial score (nSPS) is 23.4. The monoisotopic (exact) mass is 227 g/mol. The maximum absolute atomic E-state index is 12.8. The first-order chi connectivity index (χ1) is 7.51. The number of para-hydroxylation sites is 1. The molecule has 2 nitrogen and oxygen atoms in total. The van der Waals surface area contributed by atoms with Crippen LogP contribution in [-0.4, -0.2) is 18.6 Å². The van der Waals surface area contributed by atoms with E-state index in [0.29, 0.717) is 6.42 Å². The summed E-state index contributed by atoms with van der Waals surface area (Å²) < 4.78 is 31.0. The van der Waals surface area contributed by atoms with Crippen molar-refractivity contribution in [1.82, 2.24) is 0 Å². The van der Waals surface area contributed by atoms with E-state index in [2.05, 4.69) is 0 Å². The van der Waals surface area contributed by atoms with Gasteiger partial charge in [0.2, 0.25) is 0 Å². The molecule has 1 aromatic rings. The molecule has 0 radical (unpaired) electrons. The maximum atomic E-state index is 12.8. The first kappa shape index (κ1) is 11.3. The second-order valence-corrected chi connectivity index (χ2v) is 4.49. The van der Waals surface area contributed by atoms with Gasteiger partial charge >= 0.3 is 0 Å². The minimum absolute atomic E-state index is 0.258. The van der Waals surface area contributed by atoms with Gasteiger partial charge in [0.25, 0.3) is 6.43 Å². The summed E-state index contributed by atoms with van der Waals surface area (Å²) in [5.74, 6) is 0.436. The van der Waals surface area contributed by atoms with E-state index in [1.54, 1.807) is 0 Å². The molecule has 4 heteroatoms. The lowest BCUT2D eigenvalue weighted by Gasteiger charge is -2.36. The predicted octanol–water partition coefficient (Wildman–Crippen LogP) is 2.22. The van der Waals surface area contributed by atoms with Crippen molar-refractivity contribution in [3.8, 4) is 5.75 Å². The lowest BCUT2D eigenvalue weighted by molar-refractivity contribution is 0.00879. The van der Waals surface area contributed by atoms with Gasteiger partial charge in [0.05, 0.1) is 12.1 Å². The van der Waals surface area contributed by atoms with E-state index in [1.807, 2.05) is 24.3 Å². The van der Waals surface area contributed by atoms with Crippen molar-refractivity contribution in [2.24, 2.45) is 11.7 Å². The summed E-state index contributed by atoms with van der Waals surface area (Å²) in [6, 6.07) is 7.49. The summed E-state index contributed by atoms with van der Waals surface area (Å²) in [7, 11) is 0. The molecule has 2 unspecified atom stereocenters. The van der Waals surface area contributed by atoms with Crippen LogP contribution in [0.4, 0.5) is 8.78 Å². The zero-order valence-corrected chi connectivity index (χ0v) is 9.12. The number of halogens is 2. The molecular formula is C12H15F2NO. The molecule has 1 aliphatic rings. The number of ether oxygens (including phenoxy) is 1. The largest absolute Gasteiger partial charge is 0.493 e. The number of benzene rings is 1. The highest BCUT2D eigenvalue weighted by molar-refractivity contribution is 5.35. The molecule has 0 aliphatic carbocycles. The van der Waals surface area contributed by atoms with Crippen LogP contribution in [0.1, 0.15) is 12.5 Å². The van der Waals surface area contributed by atoms with Crippen LogP contribution in [-0.2, 0) is 6.42 Å². The minimum Gasteiger partial charge on any atom is -0.493 e. The average Bonchev–Trinajstić information content (AvgIpc) is 2.28. The van der Waals surface area contributed by atoms with Gasteiger partial charge in [-0.3, -0.25) is 0 Å². The van der Waals surface area contributed by atoms with Crippen molar-refractivity contribution in [1.29, 1.82) is 0 Å². The molecule has 0 saturated carbocycles. The van der Waals surface area contributed by atoms with Gasteiger partial charge in [0, 0.05) is 5.92 Å². The number of rotatable bonds is 2. The Labute approximate surface area is 93.4 Å². The Kier molecular flexibility index (Phi) is 2.84. The molecular weight excluding hydrogens is 212 g/mol. The summed E-state index contributed by atoms with van der Waals surface area (Å²) in [4.78, 5) is 0. The van der Waals surface area contributed by atoms with E-state index in [1.165, 1.54) is 6.92 Å². The summed E-state index contributed by atoms with van der Waals surface area (Å²) >= 11 is 0. The topological polar surface area (TPSA) is 35.2 Å². The number of fused-ring (bicyclic) bond motifs is 1. The molecule has 88 valence electrons. The minimum atomic E-state index is -2.54. The van der Waals surface area contributed by atoms with Gasteiger partial charge in [-0.15, -0.1) is 0 Å². The van der Waals surface area contributed by atoms with Crippen LogP contribution in [0.25, 0.3) is 0 Å². The van der Waals surface area contributed by atoms with E-state index in [9.17, 15) is 8.78 Å². The highest BCUT2D eigenvalue weighted by Gasteiger charge is 2.41. The molecule has 1 aliphatic heterocycles. The Balaban J connectivity index is 2.20. The van der Waals surface area contributed by atoms with Gasteiger partial charge < -0.3 is 10.5 Å². The molecule has 1 aromatic carbocycles. The summed E-state index contributed by atoms with van der Waals surface area (Å²) in [5.41, 5.74) is 5.12. The van der Waals surface area contributed by atoms with E-state index in [-0.39, 0.29) is 12.5 Å². The highest BCUT2D eigenvalue weighted by Crippen LogP contribution is 2.33. The molecule has 0 bridgehead atoms. The van der Waals surface area contributed by atoms with Gasteiger partial charge in [-0.1, -0.05) is 18.2 Å². The standard InChI is InChI=1S/C12H15F2NO/c1-12(15,11(13)14)9-6-8-4-2-3-5-10(8)16-7-9/h2-5,9,11H,6-7,15H2,1H3. The molecule has 0 fully saturated rings. The van der Waals surface area contributed by atoms with Gasteiger partial charge in [-0.25, -0.2) is 8.78 Å². The SMILES string of the molecule is CC(N)(C(F)F)C1COc2ccccc2C1. The molecule has 0 spiro atoms. The molecule has 2 rings (SSSR count). The second kappa shape index (κ2) is 4.01. The second-order valence-electron chi connectivity index (χ2n) is 4.49. The van der Waals surface area contributed by atoms with Crippen LogP contribution in [0.15, 0.2) is 24.3 Å². The molecule has 2 N–H and O–H groups in total. The van der Waals surface area contributed by atoms with E-state index in [0.717, 1.165) is 11.3 Å². The molecule has 1 heterocycles. The van der Waals surface area contributed by atoms with Crippen molar-refractivity contribution in [2.45, 2.75) is 25.3 Å². The van der Waals surface area contributed by atoms with E-state index < -0.39 is 12.0 Å². The number of nitrogens with two attached hydrogens (primary N) is 1. The van der Waals surface area contributed by atoms with Crippen LogP contribution in [0, 0.1) is 5.92 Å².